The lowest BCUT2D eigenvalue weighted by Gasteiger charge is -2.30. The number of aromatic nitrogens is 1. The summed E-state index contributed by atoms with van der Waals surface area (Å²) in [5.74, 6) is 0. The molecular weight excluding hydrogens is 328 g/mol. The van der Waals surface area contributed by atoms with E-state index in [0.29, 0.717) is 6.04 Å². The monoisotopic (exact) mass is 362 g/mol. The first-order valence-corrected chi connectivity index (χ1v) is 10.1. The third-order valence-electron chi connectivity index (χ3n) is 4.85. The summed E-state index contributed by atoms with van der Waals surface area (Å²) in [6, 6.07) is 4.67. The summed E-state index contributed by atoms with van der Waals surface area (Å²) >= 11 is 5.79. The van der Waals surface area contributed by atoms with Gasteiger partial charge in [0, 0.05) is 31.5 Å². The Hall–Kier alpha value is -1.20. The molecule has 1 saturated carbocycles. The molecule has 4 nitrogen and oxygen atoms in total. The fraction of sp³-hybridized carbons (Fsp3) is 0.700. The summed E-state index contributed by atoms with van der Waals surface area (Å²) in [5.41, 5.74) is 1.22. The van der Waals surface area contributed by atoms with Gasteiger partial charge in [0.2, 0.25) is 0 Å². The van der Waals surface area contributed by atoms with Gasteiger partial charge in [0.05, 0.1) is 0 Å². The van der Waals surface area contributed by atoms with Gasteiger partial charge in [-0.3, -0.25) is 4.98 Å². The van der Waals surface area contributed by atoms with Gasteiger partial charge >= 0.3 is 0 Å². The fourth-order valence-corrected chi connectivity index (χ4v) is 3.73. The molecule has 0 radical (unpaired) electrons. The first kappa shape index (κ1) is 20.1. The molecule has 1 heterocycles. The van der Waals surface area contributed by atoms with Crippen molar-refractivity contribution in [2.75, 3.05) is 27.2 Å². The molecular formula is C20H34N4S. The van der Waals surface area contributed by atoms with E-state index in [1.165, 1.54) is 50.5 Å². The SMILES string of the molecule is CN(C)CCCN(Cc1cccnc1)C(=S)NC1CCCCCCC1. The van der Waals surface area contributed by atoms with Crippen molar-refractivity contribution in [2.24, 2.45) is 0 Å². The van der Waals surface area contributed by atoms with Gasteiger partial charge in [-0.15, -0.1) is 0 Å². The molecule has 0 aliphatic heterocycles. The molecule has 1 N–H and O–H groups in total. The number of hydrogen-bond donors (Lipinski definition) is 1. The van der Waals surface area contributed by atoms with Crippen molar-refractivity contribution in [3.05, 3.63) is 30.1 Å². The quantitative estimate of drug-likeness (QED) is 0.745. The van der Waals surface area contributed by atoms with Crippen LogP contribution in [0.1, 0.15) is 56.9 Å². The zero-order chi connectivity index (χ0) is 17.9. The van der Waals surface area contributed by atoms with Crippen LogP contribution in [-0.4, -0.2) is 53.1 Å². The maximum atomic E-state index is 5.79. The molecule has 0 saturated heterocycles. The van der Waals surface area contributed by atoms with Crippen LogP contribution in [0.25, 0.3) is 0 Å². The summed E-state index contributed by atoms with van der Waals surface area (Å²) in [5, 5.41) is 4.58. The smallest absolute Gasteiger partial charge is 0.169 e. The van der Waals surface area contributed by atoms with E-state index in [1.54, 1.807) is 0 Å². The number of rotatable bonds is 7. The molecule has 5 heteroatoms. The zero-order valence-electron chi connectivity index (χ0n) is 15.9. The fourth-order valence-electron chi connectivity index (χ4n) is 3.41. The van der Waals surface area contributed by atoms with Crippen LogP contribution >= 0.6 is 12.2 Å². The molecule has 0 atom stereocenters. The van der Waals surface area contributed by atoms with Crippen LogP contribution in [0.2, 0.25) is 0 Å². The summed E-state index contributed by atoms with van der Waals surface area (Å²) in [6.07, 6.45) is 14.2. The number of thiocarbonyl (C=S) groups is 1. The van der Waals surface area contributed by atoms with Gasteiger partial charge in [-0.25, -0.2) is 0 Å². The van der Waals surface area contributed by atoms with Crippen molar-refractivity contribution in [1.29, 1.82) is 0 Å². The van der Waals surface area contributed by atoms with Crippen molar-refractivity contribution in [3.63, 3.8) is 0 Å². The van der Waals surface area contributed by atoms with Crippen molar-refractivity contribution in [2.45, 2.75) is 64.0 Å². The first-order valence-electron chi connectivity index (χ1n) is 9.74. The summed E-state index contributed by atoms with van der Waals surface area (Å²) in [6.45, 7) is 2.89. The molecule has 1 aliphatic carbocycles. The molecule has 1 aromatic heterocycles. The van der Waals surface area contributed by atoms with Crippen molar-refractivity contribution < 1.29 is 0 Å². The van der Waals surface area contributed by atoms with Gasteiger partial charge in [0.15, 0.2) is 5.11 Å². The van der Waals surface area contributed by atoms with Gasteiger partial charge in [0.1, 0.15) is 0 Å². The first-order chi connectivity index (χ1) is 12.1. The second kappa shape index (κ2) is 11.4. The second-order valence-corrected chi connectivity index (χ2v) is 7.82. The minimum absolute atomic E-state index is 0.540. The van der Waals surface area contributed by atoms with Crippen LogP contribution in [-0.2, 0) is 6.54 Å². The minimum atomic E-state index is 0.540. The van der Waals surface area contributed by atoms with Crippen LogP contribution in [0.3, 0.4) is 0 Å². The summed E-state index contributed by atoms with van der Waals surface area (Å²) < 4.78 is 0. The topological polar surface area (TPSA) is 31.4 Å². The molecule has 1 fully saturated rings. The van der Waals surface area contributed by atoms with Crippen LogP contribution in [0.15, 0.2) is 24.5 Å². The molecule has 0 spiro atoms. The Morgan fingerprint density at radius 2 is 1.88 bits per heavy atom. The molecule has 0 aromatic carbocycles. The van der Waals surface area contributed by atoms with Crippen LogP contribution in [0.4, 0.5) is 0 Å². The molecule has 1 aliphatic rings. The third kappa shape index (κ3) is 8.15. The average Bonchev–Trinajstić information content (AvgIpc) is 2.57. The highest BCUT2D eigenvalue weighted by Crippen LogP contribution is 2.17. The Balaban J connectivity index is 1.92. The second-order valence-electron chi connectivity index (χ2n) is 7.43. The van der Waals surface area contributed by atoms with E-state index >= 15 is 0 Å². The van der Waals surface area contributed by atoms with Crippen LogP contribution < -0.4 is 5.32 Å². The zero-order valence-corrected chi connectivity index (χ0v) is 16.7. The molecule has 0 bridgehead atoms. The predicted octanol–water partition coefficient (Wildman–Crippen LogP) is 3.82. The van der Waals surface area contributed by atoms with E-state index in [0.717, 1.165) is 31.2 Å². The summed E-state index contributed by atoms with van der Waals surface area (Å²) in [4.78, 5) is 8.79. The van der Waals surface area contributed by atoms with E-state index in [2.05, 4.69) is 40.3 Å². The van der Waals surface area contributed by atoms with Gasteiger partial charge in [-0.05, 0) is 63.8 Å². The highest BCUT2D eigenvalue weighted by molar-refractivity contribution is 7.80. The molecule has 0 unspecified atom stereocenters. The Morgan fingerprint density at radius 1 is 1.16 bits per heavy atom. The summed E-state index contributed by atoms with van der Waals surface area (Å²) in [7, 11) is 4.24. The standard InChI is InChI=1S/C20H34N4S/c1-23(2)14-9-15-24(17-18-10-8-13-21-16-18)20(25)22-19-11-6-4-3-5-7-12-19/h8,10,13,16,19H,3-7,9,11-12,14-15,17H2,1-2H3,(H,22,25). The van der Waals surface area contributed by atoms with Crippen molar-refractivity contribution in [1.82, 2.24) is 20.1 Å². The van der Waals surface area contributed by atoms with Crippen molar-refractivity contribution in [3.8, 4) is 0 Å². The number of nitrogens with zero attached hydrogens (tertiary/aromatic N) is 3. The molecule has 1 aromatic rings. The minimum Gasteiger partial charge on any atom is -0.360 e. The lowest BCUT2D eigenvalue weighted by atomic mass is 9.97. The highest BCUT2D eigenvalue weighted by atomic mass is 32.1. The predicted molar refractivity (Wildman–Crippen MR) is 110 cm³/mol. The molecule has 140 valence electrons. The normalized spacial score (nSPS) is 16.3. The van der Waals surface area contributed by atoms with Crippen molar-refractivity contribution >= 4 is 17.3 Å². The number of pyridine rings is 1. The molecule has 25 heavy (non-hydrogen) atoms. The van der Waals surface area contributed by atoms with E-state index < -0.39 is 0 Å². The Kier molecular flexibility index (Phi) is 9.19. The Labute approximate surface area is 159 Å². The van der Waals surface area contributed by atoms with Crippen LogP contribution in [0, 0.1) is 0 Å². The molecule has 2 rings (SSSR count). The maximum Gasteiger partial charge on any atom is 0.169 e. The van der Waals surface area contributed by atoms with E-state index in [1.807, 2.05) is 18.5 Å². The van der Waals surface area contributed by atoms with Crippen LogP contribution in [0.5, 0.6) is 0 Å². The lowest BCUT2D eigenvalue weighted by molar-refractivity contribution is 0.333. The molecule has 0 amide bonds. The van der Waals surface area contributed by atoms with E-state index in [4.69, 9.17) is 12.2 Å². The third-order valence-corrected chi connectivity index (χ3v) is 5.23. The van der Waals surface area contributed by atoms with Gasteiger partial charge in [0.25, 0.3) is 0 Å². The average molecular weight is 363 g/mol. The van der Waals surface area contributed by atoms with Gasteiger partial charge in [-0.2, -0.15) is 0 Å². The number of hydrogen-bond acceptors (Lipinski definition) is 3. The maximum absolute atomic E-state index is 5.79. The van der Waals surface area contributed by atoms with E-state index in [9.17, 15) is 0 Å². The van der Waals surface area contributed by atoms with Gasteiger partial charge < -0.3 is 15.1 Å². The van der Waals surface area contributed by atoms with Gasteiger partial charge in [-0.1, -0.05) is 38.2 Å². The highest BCUT2D eigenvalue weighted by Gasteiger charge is 2.16. The number of nitrogens with one attached hydrogen (secondary N) is 1. The Bertz CT molecular complexity index is 484. The largest absolute Gasteiger partial charge is 0.360 e. The lowest BCUT2D eigenvalue weighted by Crippen LogP contribution is -2.45. The van der Waals surface area contributed by atoms with E-state index in [-0.39, 0.29) is 0 Å². The Morgan fingerprint density at radius 3 is 2.52 bits per heavy atom.